The van der Waals surface area contributed by atoms with Crippen LogP contribution in [0.4, 0.5) is 17.1 Å². The first-order valence-corrected chi connectivity index (χ1v) is 19.3. The molecule has 49 heavy (non-hydrogen) atoms. The van der Waals surface area contributed by atoms with E-state index in [1.807, 2.05) is 11.8 Å². The molecular formula is C47H45NS. The smallest absolute Gasteiger partial charge is 0.0551 e. The maximum atomic E-state index is 2.71. The van der Waals surface area contributed by atoms with E-state index in [9.17, 15) is 0 Å². The van der Waals surface area contributed by atoms with E-state index in [0.29, 0.717) is 11.8 Å². The summed E-state index contributed by atoms with van der Waals surface area (Å²) >= 11 is 2.02. The van der Waals surface area contributed by atoms with Crippen LogP contribution >= 0.6 is 11.8 Å². The SMILES string of the molecule is CC1(C)CCC(C)(C)c2c(N(c3ccccc3)c3ccc4c(c3-c3ccccc3)Sc3ccccc3C43C4C=C5CC(C4)C3C5)cccc21. The van der Waals surface area contributed by atoms with E-state index in [-0.39, 0.29) is 16.2 Å². The van der Waals surface area contributed by atoms with Crippen LogP contribution in [0.25, 0.3) is 11.1 Å². The quantitative estimate of drug-likeness (QED) is 0.177. The summed E-state index contributed by atoms with van der Waals surface area (Å²) in [6, 6.07) is 44.1. The Bertz CT molecular complexity index is 2160. The third kappa shape index (κ3) is 4.13. The molecule has 4 unspecified atom stereocenters. The van der Waals surface area contributed by atoms with Gasteiger partial charge < -0.3 is 4.90 Å². The van der Waals surface area contributed by atoms with Crippen molar-refractivity contribution in [3.8, 4) is 11.1 Å². The number of hydrogen-bond donors (Lipinski definition) is 0. The van der Waals surface area contributed by atoms with Crippen LogP contribution in [0.15, 0.2) is 137 Å². The minimum Gasteiger partial charge on any atom is -0.310 e. The Kier molecular flexibility index (Phi) is 6.40. The lowest BCUT2D eigenvalue weighted by atomic mass is 9.59. The zero-order valence-corrected chi connectivity index (χ0v) is 30.0. The lowest BCUT2D eigenvalue weighted by Crippen LogP contribution is -2.42. The topological polar surface area (TPSA) is 3.24 Å². The third-order valence-corrected chi connectivity index (χ3v) is 14.5. The van der Waals surface area contributed by atoms with Gasteiger partial charge in [0.05, 0.1) is 11.4 Å². The molecule has 1 spiro atoms. The van der Waals surface area contributed by atoms with Crippen LogP contribution < -0.4 is 4.90 Å². The fourth-order valence-electron chi connectivity index (χ4n) is 11.1. The normalized spacial score (nSPS) is 26.2. The minimum atomic E-state index is 0.0411. The van der Waals surface area contributed by atoms with E-state index in [4.69, 9.17) is 0 Å². The van der Waals surface area contributed by atoms with Gasteiger partial charge in [-0.3, -0.25) is 0 Å². The molecule has 4 atom stereocenters. The molecule has 1 nitrogen and oxygen atoms in total. The minimum absolute atomic E-state index is 0.0411. The Labute approximate surface area is 296 Å². The van der Waals surface area contributed by atoms with Gasteiger partial charge in [-0.15, -0.1) is 0 Å². The van der Waals surface area contributed by atoms with Crippen LogP contribution in [0.1, 0.15) is 82.1 Å². The molecule has 0 aromatic heterocycles. The van der Waals surface area contributed by atoms with Crippen molar-refractivity contribution in [3.63, 3.8) is 0 Å². The van der Waals surface area contributed by atoms with Gasteiger partial charge in [-0.2, -0.15) is 0 Å². The van der Waals surface area contributed by atoms with Gasteiger partial charge in [-0.1, -0.05) is 136 Å². The maximum Gasteiger partial charge on any atom is 0.0551 e. The van der Waals surface area contributed by atoms with Gasteiger partial charge in [0.1, 0.15) is 0 Å². The molecule has 0 saturated heterocycles. The zero-order chi connectivity index (χ0) is 33.1. The van der Waals surface area contributed by atoms with Crippen LogP contribution in [0.2, 0.25) is 0 Å². The first kappa shape index (κ1) is 29.9. The molecule has 0 amide bonds. The summed E-state index contributed by atoms with van der Waals surface area (Å²) in [5, 5.41) is 0. The van der Waals surface area contributed by atoms with Crippen LogP contribution in [0, 0.1) is 17.8 Å². The first-order chi connectivity index (χ1) is 23.8. The van der Waals surface area contributed by atoms with Crippen molar-refractivity contribution in [2.45, 2.75) is 85.8 Å². The van der Waals surface area contributed by atoms with Crippen LogP contribution in [0.3, 0.4) is 0 Å². The van der Waals surface area contributed by atoms with E-state index in [1.165, 1.54) is 81.2 Å². The Morgan fingerprint density at radius 2 is 1.35 bits per heavy atom. The second kappa shape index (κ2) is 10.5. The lowest BCUT2D eigenvalue weighted by Gasteiger charge is -2.48. The monoisotopic (exact) mass is 655 g/mol. The number of fused-ring (bicyclic) bond motifs is 3. The molecule has 2 heteroatoms. The van der Waals surface area contributed by atoms with E-state index in [2.05, 4.69) is 154 Å². The molecular weight excluding hydrogens is 611 g/mol. The van der Waals surface area contributed by atoms with Crippen molar-refractivity contribution in [3.05, 3.63) is 149 Å². The Balaban J connectivity index is 1.30. The average Bonchev–Trinajstić information content (AvgIpc) is 3.53. The van der Waals surface area contributed by atoms with Crippen molar-refractivity contribution in [1.29, 1.82) is 0 Å². The number of anilines is 3. The van der Waals surface area contributed by atoms with Crippen molar-refractivity contribution >= 4 is 28.8 Å². The highest BCUT2D eigenvalue weighted by atomic mass is 32.2. The van der Waals surface area contributed by atoms with E-state index >= 15 is 0 Å². The number of benzene rings is 5. The summed E-state index contributed by atoms with van der Waals surface area (Å²) in [7, 11) is 0. The largest absolute Gasteiger partial charge is 0.310 e. The van der Waals surface area contributed by atoms with Crippen molar-refractivity contribution < 1.29 is 0 Å². The lowest BCUT2D eigenvalue weighted by molar-refractivity contribution is 0.299. The highest BCUT2D eigenvalue weighted by molar-refractivity contribution is 7.99. The predicted molar refractivity (Wildman–Crippen MR) is 206 cm³/mol. The zero-order valence-electron chi connectivity index (χ0n) is 29.2. The number of para-hydroxylation sites is 1. The van der Waals surface area contributed by atoms with Gasteiger partial charge in [-0.25, -0.2) is 0 Å². The summed E-state index contributed by atoms with van der Waals surface area (Å²) < 4.78 is 0. The number of rotatable bonds is 4. The number of allylic oxidation sites excluding steroid dienone is 2. The van der Waals surface area contributed by atoms with Crippen molar-refractivity contribution in [2.24, 2.45) is 17.8 Å². The van der Waals surface area contributed by atoms with Crippen LogP contribution in [-0.4, -0.2) is 0 Å². The van der Waals surface area contributed by atoms with Gasteiger partial charge in [-0.05, 0) is 119 Å². The summed E-state index contributed by atoms with van der Waals surface area (Å²) in [6.07, 6.45) is 8.99. The molecule has 1 heterocycles. The molecule has 11 rings (SSSR count). The highest BCUT2D eigenvalue weighted by Crippen LogP contribution is 2.71. The van der Waals surface area contributed by atoms with Gasteiger partial charge in [0.2, 0.25) is 0 Å². The third-order valence-electron chi connectivity index (χ3n) is 13.2. The molecule has 2 fully saturated rings. The summed E-state index contributed by atoms with van der Waals surface area (Å²) in [6.45, 7) is 9.82. The highest BCUT2D eigenvalue weighted by Gasteiger charge is 2.63. The molecule has 5 aliphatic carbocycles. The van der Waals surface area contributed by atoms with Crippen LogP contribution in [-0.2, 0) is 16.2 Å². The Morgan fingerprint density at radius 3 is 2.14 bits per heavy atom. The molecule has 0 radical (unpaired) electrons. The maximum absolute atomic E-state index is 2.71. The molecule has 4 bridgehead atoms. The molecule has 5 aromatic rings. The fourth-order valence-corrected chi connectivity index (χ4v) is 12.5. The van der Waals surface area contributed by atoms with E-state index < -0.39 is 0 Å². The second-order valence-corrected chi connectivity index (χ2v) is 17.8. The molecule has 6 aliphatic rings. The first-order valence-electron chi connectivity index (χ1n) is 18.5. The molecule has 0 N–H and O–H groups in total. The Hall–Kier alpha value is -4.01. The Morgan fingerprint density at radius 1 is 0.633 bits per heavy atom. The molecule has 2 saturated carbocycles. The number of hydrogen-bond acceptors (Lipinski definition) is 2. The van der Waals surface area contributed by atoms with Crippen molar-refractivity contribution in [2.75, 3.05) is 4.90 Å². The van der Waals surface area contributed by atoms with Gasteiger partial charge in [0.15, 0.2) is 0 Å². The molecule has 5 aromatic carbocycles. The fraction of sp³-hybridized carbons (Fsp3) is 0.319. The van der Waals surface area contributed by atoms with Gasteiger partial charge in [0, 0.05) is 26.5 Å². The molecule has 244 valence electrons. The average molecular weight is 656 g/mol. The van der Waals surface area contributed by atoms with E-state index in [0.717, 1.165) is 5.92 Å². The summed E-state index contributed by atoms with van der Waals surface area (Å²) in [5.74, 6) is 2.06. The second-order valence-electron chi connectivity index (χ2n) is 16.7. The summed E-state index contributed by atoms with van der Waals surface area (Å²) in [4.78, 5) is 5.53. The van der Waals surface area contributed by atoms with Gasteiger partial charge >= 0.3 is 0 Å². The van der Waals surface area contributed by atoms with E-state index in [1.54, 1.807) is 16.7 Å². The standard InChI is InChI=1S/C47H45NS/c1-45(2)24-25-46(3,4)43-36(45)19-13-20-40(43)48(34-16-9-6-10-17-34)39-23-22-37-44(42(39)31-14-7-5-8-15-31)49-41-21-12-11-18-35(41)47(37)33-27-30-26-32(29-33)38(47)28-30/h5-23,27,32-33,38H,24-26,28-29H2,1-4H3. The van der Waals surface area contributed by atoms with Crippen LogP contribution in [0.5, 0.6) is 0 Å². The number of nitrogens with zero attached hydrogens (tertiary/aromatic N) is 1. The molecule has 1 aliphatic heterocycles. The van der Waals surface area contributed by atoms with Gasteiger partial charge in [0.25, 0.3) is 0 Å². The summed E-state index contributed by atoms with van der Waals surface area (Å²) in [5.41, 5.74) is 14.6. The van der Waals surface area contributed by atoms with Crippen molar-refractivity contribution in [1.82, 2.24) is 0 Å². The predicted octanol–water partition coefficient (Wildman–Crippen LogP) is 12.9.